The third-order valence-corrected chi connectivity index (χ3v) is 3.90. The summed E-state index contributed by atoms with van der Waals surface area (Å²) in [6, 6.07) is 4.43. The molecule has 0 aliphatic heterocycles. The first-order valence-electron chi connectivity index (χ1n) is 8.36. The van der Waals surface area contributed by atoms with Gasteiger partial charge in [-0.05, 0) is 13.0 Å². The van der Waals surface area contributed by atoms with Crippen molar-refractivity contribution in [3.05, 3.63) is 35.5 Å². The van der Waals surface area contributed by atoms with E-state index in [1.165, 1.54) is 11.4 Å². The molecule has 8 nitrogen and oxygen atoms in total. The Labute approximate surface area is 162 Å². The van der Waals surface area contributed by atoms with Crippen LogP contribution in [0.2, 0.25) is 0 Å². The zero-order chi connectivity index (χ0) is 21.8. The maximum absolute atomic E-state index is 12.8. The highest BCUT2D eigenvalue weighted by atomic mass is 19.4. The van der Waals surface area contributed by atoms with E-state index >= 15 is 0 Å². The normalized spacial score (nSPS) is 12.3. The average molecular weight is 414 g/mol. The second-order valence-corrected chi connectivity index (χ2v) is 5.82. The lowest BCUT2D eigenvalue weighted by Crippen LogP contribution is -2.48. The molecule has 0 saturated heterocycles. The van der Waals surface area contributed by atoms with E-state index in [0.717, 1.165) is 7.11 Å². The summed E-state index contributed by atoms with van der Waals surface area (Å²) < 4.78 is 46.9. The summed E-state index contributed by atoms with van der Waals surface area (Å²) in [5, 5.41) is 1.75. The van der Waals surface area contributed by atoms with Crippen molar-refractivity contribution >= 4 is 34.5 Å². The summed E-state index contributed by atoms with van der Waals surface area (Å²) >= 11 is 0. The predicted molar refractivity (Wildman–Crippen MR) is 93.2 cm³/mol. The van der Waals surface area contributed by atoms with Crippen LogP contribution in [0.25, 0.3) is 10.9 Å². The van der Waals surface area contributed by atoms with Crippen molar-refractivity contribution < 1.29 is 41.8 Å². The highest BCUT2D eigenvalue weighted by Crippen LogP contribution is 2.25. The Hall–Kier alpha value is -3.37. The fourth-order valence-electron chi connectivity index (χ4n) is 2.65. The van der Waals surface area contributed by atoms with Gasteiger partial charge in [0.25, 0.3) is 0 Å². The Morgan fingerprint density at radius 3 is 2.41 bits per heavy atom. The number of methoxy groups -OCH3 is 1. The van der Waals surface area contributed by atoms with Gasteiger partial charge in [-0.3, -0.25) is 9.59 Å². The number of hydrogen-bond acceptors (Lipinski definition) is 6. The second-order valence-electron chi connectivity index (χ2n) is 5.82. The summed E-state index contributed by atoms with van der Waals surface area (Å²) in [6.45, 7) is 1.58. The van der Waals surface area contributed by atoms with Crippen LogP contribution in [0.5, 0.6) is 0 Å². The topological polar surface area (TPSA) is 115 Å². The average Bonchev–Trinajstić information content (AvgIpc) is 3.06. The van der Waals surface area contributed by atoms with Crippen LogP contribution in [0.1, 0.15) is 34.2 Å². The lowest BCUT2D eigenvalue weighted by atomic mass is 10.00. The molecule has 1 aromatic heterocycles. The van der Waals surface area contributed by atoms with Crippen LogP contribution in [0.3, 0.4) is 0 Å². The predicted octanol–water partition coefficient (Wildman–Crippen LogP) is 2.14. The molecule has 0 aliphatic rings. The van der Waals surface area contributed by atoms with E-state index in [2.05, 4.69) is 9.72 Å². The van der Waals surface area contributed by atoms with Gasteiger partial charge >= 0.3 is 24.0 Å². The number of alkyl halides is 3. The molecule has 1 atom stereocenters. The number of nitrogens with one attached hydrogen (secondary N) is 2. The highest BCUT2D eigenvalue weighted by Gasteiger charge is 2.41. The van der Waals surface area contributed by atoms with Gasteiger partial charge in [-0.25, -0.2) is 9.59 Å². The summed E-state index contributed by atoms with van der Waals surface area (Å²) in [5.41, 5.74) is 0.0471. The Morgan fingerprint density at radius 1 is 1.17 bits per heavy atom. The quantitative estimate of drug-likeness (QED) is 0.530. The van der Waals surface area contributed by atoms with Crippen molar-refractivity contribution in [2.45, 2.75) is 25.6 Å². The summed E-state index contributed by atoms with van der Waals surface area (Å²) in [7, 11) is 0.898. The maximum Gasteiger partial charge on any atom is 0.471 e. The van der Waals surface area contributed by atoms with Crippen molar-refractivity contribution in [1.82, 2.24) is 10.3 Å². The molecule has 0 spiro atoms. The maximum atomic E-state index is 12.8. The van der Waals surface area contributed by atoms with Crippen LogP contribution >= 0.6 is 0 Å². The smallest absolute Gasteiger partial charge is 0.467 e. The Kier molecular flexibility index (Phi) is 6.62. The van der Waals surface area contributed by atoms with Crippen molar-refractivity contribution in [3.63, 3.8) is 0 Å². The van der Waals surface area contributed by atoms with Gasteiger partial charge < -0.3 is 19.8 Å². The van der Waals surface area contributed by atoms with Gasteiger partial charge in [-0.15, -0.1) is 0 Å². The summed E-state index contributed by atoms with van der Waals surface area (Å²) in [6.07, 6.45) is -6.12. The van der Waals surface area contributed by atoms with E-state index in [-0.39, 0.29) is 17.9 Å². The van der Waals surface area contributed by atoms with Gasteiger partial charge in [-0.1, -0.05) is 18.2 Å². The van der Waals surface area contributed by atoms with Crippen LogP contribution in [0, 0.1) is 0 Å². The van der Waals surface area contributed by atoms with E-state index < -0.39 is 42.3 Å². The van der Waals surface area contributed by atoms with Crippen LogP contribution in [0.4, 0.5) is 13.2 Å². The molecule has 1 unspecified atom stereocenters. The number of H-pyrrole nitrogens is 1. The number of rotatable bonds is 7. The molecule has 29 heavy (non-hydrogen) atoms. The number of ether oxygens (including phenoxy) is 2. The van der Waals surface area contributed by atoms with Crippen LogP contribution in [-0.4, -0.2) is 54.5 Å². The van der Waals surface area contributed by atoms with Crippen LogP contribution < -0.4 is 5.32 Å². The van der Waals surface area contributed by atoms with Gasteiger partial charge in [0.2, 0.25) is 0 Å². The molecule has 1 heterocycles. The Balaban J connectivity index is 2.42. The third kappa shape index (κ3) is 4.92. The molecule has 0 fully saturated rings. The van der Waals surface area contributed by atoms with Crippen molar-refractivity contribution in [1.29, 1.82) is 0 Å². The number of aromatic nitrogens is 1. The first-order chi connectivity index (χ1) is 13.6. The molecule has 11 heteroatoms. The fraction of sp³-hybridized carbons (Fsp3) is 0.333. The molecule has 0 saturated carbocycles. The summed E-state index contributed by atoms with van der Waals surface area (Å²) in [4.78, 5) is 50.8. The van der Waals surface area contributed by atoms with E-state index in [1.54, 1.807) is 25.1 Å². The molecule has 1 aromatic carbocycles. The monoisotopic (exact) mass is 414 g/mol. The van der Waals surface area contributed by atoms with Crippen LogP contribution in [-0.2, 0) is 19.1 Å². The molecule has 2 N–H and O–H groups in total. The zero-order valence-electron chi connectivity index (χ0n) is 15.4. The van der Waals surface area contributed by atoms with Crippen molar-refractivity contribution in [2.24, 2.45) is 0 Å². The van der Waals surface area contributed by atoms with Gasteiger partial charge in [0.15, 0.2) is 5.78 Å². The molecule has 2 rings (SSSR count). The number of Topliss-reactive ketones (excluding diaryl/α,β-unsaturated/α-hetero) is 1. The number of fused-ring (bicyclic) bond motifs is 1. The summed E-state index contributed by atoms with van der Waals surface area (Å²) in [5.74, 6) is -5.34. The number of halogens is 3. The number of benzene rings is 1. The first-order valence-corrected chi connectivity index (χ1v) is 8.36. The SMILES string of the molecule is CCOC(=O)c1[nH]c2ccccc2c1C(=O)CC(NC(=O)C(F)(F)F)C(=O)OC. The molecule has 0 aliphatic carbocycles. The molecule has 0 radical (unpaired) electrons. The molecular formula is C18H17F3N2O6. The van der Waals surface area contributed by atoms with E-state index in [4.69, 9.17) is 4.74 Å². The van der Waals surface area contributed by atoms with E-state index in [1.807, 2.05) is 0 Å². The number of hydrogen-bond donors (Lipinski definition) is 2. The number of amides is 1. The lowest BCUT2D eigenvalue weighted by Gasteiger charge is -2.17. The van der Waals surface area contributed by atoms with Gasteiger partial charge in [0, 0.05) is 17.3 Å². The third-order valence-electron chi connectivity index (χ3n) is 3.90. The molecule has 2 aromatic rings. The Bertz CT molecular complexity index is 951. The van der Waals surface area contributed by atoms with Crippen molar-refractivity contribution in [3.8, 4) is 0 Å². The second kappa shape index (κ2) is 8.76. The molecule has 1 amide bonds. The number of carbonyl (C=O) groups is 4. The zero-order valence-corrected chi connectivity index (χ0v) is 15.4. The van der Waals surface area contributed by atoms with Gasteiger partial charge in [0.1, 0.15) is 11.7 Å². The van der Waals surface area contributed by atoms with Gasteiger partial charge in [-0.2, -0.15) is 13.2 Å². The number of para-hydroxylation sites is 1. The van der Waals surface area contributed by atoms with E-state index in [9.17, 15) is 32.3 Å². The lowest BCUT2D eigenvalue weighted by molar-refractivity contribution is -0.175. The van der Waals surface area contributed by atoms with Gasteiger partial charge in [0.05, 0.1) is 19.3 Å². The minimum absolute atomic E-state index is 0.0221. The number of aromatic amines is 1. The standard InChI is InChI=1S/C18H17F3N2O6/c1-3-29-16(26)14-13(9-6-4-5-7-10(9)22-14)12(24)8-11(15(25)28-2)23-17(27)18(19,20)21/h4-7,11,22H,3,8H2,1-2H3,(H,23,27). The number of carbonyl (C=O) groups excluding carboxylic acids is 4. The van der Waals surface area contributed by atoms with E-state index in [0.29, 0.717) is 10.9 Å². The molecule has 0 bridgehead atoms. The number of ketones is 1. The molecular weight excluding hydrogens is 397 g/mol. The molecule has 156 valence electrons. The first kappa shape index (κ1) is 21.9. The largest absolute Gasteiger partial charge is 0.471 e. The number of esters is 2. The minimum atomic E-state index is -5.26. The highest BCUT2D eigenvalue weighted by molar-refractivity contribution is 6.16. The Morgan fingerprint density at radius 2 is 1.83 bits per heavy atom. The minimum Gasteiger partial charge on any atom is -0.467 e. The van der Waals surface area contributed by atoms with Crippen molar-refractivity contribution in [2.75, 3.05) is 13.7 Å². The fourth-order valence-corrected chi connectivity index (χ4v) is 2.65. The van der Waals surface area contributed by atoms with Crippen LogP contribution in [0.15, 0.2) is 24.3 Å².